The van der Waals surface area contributed by atoms with E-state index in [-0.39, 0.29) is 16.2 Å². The first kappa shape index (κ1) is 20.8. The maximum Gasteiger partial charge on any atom is 0.274 e. The molecule has 0 aliphatic carbocycles. The quantitative estimate of drug-likeness (QED) is 0.363. The first-order valence-electron chi connectivity index (χ1n) is 9.71. The predicted octanol–water partition coefficient (Wildman–Crippen LogP) is 4.25. The Hall–Kier alpha value is -3.42. The predicted molar refractivity (Wildman–Crippen MR) is 120 cm³/mol. The Balaban J connectivity index is 1.70. The zero-order chi connectivity index (χ0) is 22.2. The van der Waals surface area contributed by atoms with Gasteiger partial charge in [-0.25, -0.2) is 13.9 Å². The number of amides is 1. The number of hydroxylamine groups is 1. The Morgan fingerprint density at radius 2 is 1.77 bits per heavy atom. The van der Waals surface area contributed by atoms with Crippen LogP contribution in [-0.2, 0) is 22.6 Å². The molecule has 0 aliphatic rings. The van der Waals surface area contributed by atoms with Gasteiger partial charge in [0.1, 0.15) is 0 Å². The summed E-state index contributed by atoms with van der Waals surface area (Å²) >= 11 is 0. The van der Waals surface area contributed by atoms with E-state index in [0.717, 1.165) is 27.6 Å². The summed E-state index contributed by atoms with van der Waals surface area (Å²) < 4.78 is 27.9. The summed E-state index contributed by atoms with van der Waals surface area (Å²) in [5, 5.41) is 9.70. The highest BCUT2D eigenvalue weighted by molar-refractivity contribution is 7.90. The van der Waals surface area contributed by atoms with Crippen LogP contribution in [-0.4, -0.2) is 24.1 Å². The second kappa shape index (κ2) is 8.02. The minimum atomic E-state index is -3.61. The third-order valence-corrected chi connectivity index (χ3v) is 7.02. The van der Waals surface area contributed by atoms with Gasteiger partial charge in [-0.15, -0.1) is 0 Å². The van der Waals surface area contributed by atoms with Crippen LogP contribution in [0.1, 0.15) is 21.5 Å². The monoisotopic (exact) mass is 434 g/mol. The smallest absolute Gasteiger partial charge is 0.274 e. The van der Waals surface area contributed by atoms with E-state index in [1.165, 1.54) is 29.7 Å². The average Bonchev–Trinajstić information content (AvgIpc) is 3.09. The van der Waals surface area contributed by atoms with E-state index in [9.17, 15) is 13.2 Å². The van der Waals surface area contributed by atoms with Crippen LogP contribution < -0.4 is 5.48 Å². The molecule has 0 bridgehead atoms. The van der Waals surface area contributed by atoms with Gasteiger partial charge >= 0.3 is 0 Å². The summed E-state index contributed by atoms with van der Waals surface area (Å²) in [6.07, 6.45) is 2.06. The number of nitrogens with zero attached hydrogens (tertiary/aromatic N) is 1. The molecule has 4 aromatic rings. The van der Waals surface area contributed by atoms with Gasteiger partial charge in [0.2, 0.25) is 0 Å². The zero-order valence-corrected chi connectivity index (χ0v) is 18.0. The number of aryl methyl sites for hydroxylation is 2. The minimum absolute atomic E-state index is 0.119. The van der Waals surface area contributed by atoms with Crippen LogP contribution in [0.25, 0.3) is 22.0 Å². The van der Waals surface area contributed by atoms with Crippen LogP contribution in [0.2, 0.25) is 0 Å². The van der Waals surface area contributed by atoms with Gasteiger partial charge in [-0.2, -0.15) is 0 Å². The maximum absolute atomic E-state index is 12.9. The second-order valence-corrected chi connectivity index (χ2v) is 9.59. The van der Waals surface area contributed by atoms with Crippen LogP contribution >= 0.6 is 0 Å². The lowest BCUT2D eigenvalue weighted by Crippen LogP contribution is -2.18. The SMILES string of the molecule is Cc1cccc(-c2cn(C)c3ccc(CS(=O)(=O)c4ccc(C(=O)NO)cc4)cc23)c1. The van der Waals surface area contributed by atoms with Gasteiger partial charge in [-0.3, -0.25) is 10.0 Å². The van der Waals surface area contributed by atoms with Crippen LogP contribution in [0.4, 0.5) is 0 Å². The van der Waals surface area contributed by atoms with Crippen molar-refractivity contribution in [3.05, 3.63) is 89.6 Å². The molecule has 1 amide bonds. The number of hydrogen-bond acceptors (Lipinski definition) is 4. The highest BCUT2D eigenvalue weighted by atomic mass is 32.2. The summed E-state index contributed by atoms with van der Waals surface area (Å²) in [7, 11) is -1.64. The number of rotatable bonds is 5. The Bertz CT molecular complexity index is 1390. The van der Waals surface area contributed by atoms with E-state index < -0.39 is 15.7 Å². The molecule has 31 heavy (non-hydrogen) atoms. The Morgan fingerprint density at radius 1 is 1.03 bits per heavy atom. The fraction of sp³-hybridized carbons (Fsp3) is 0.125. The molecule has 1 heterocycles. The lowest BCUT2D eigenvalue weighted by molar-refractivity contribution is 0.0706. The second-order valence-electron chi connectivity index (χ2n) is 7.60. The summed E-state index contributed by atoms with van der Waals surface area (Å²) in [6, 6.07) is 19.4. The van der Waals surface area contributed by atoms with E-state index >= 15 is 0 Å². The number of benzene rings is 3. The van der Waals surface area contributed by atoms with Gasteiger partial charge < -0.3 is 4.57 Å². The molecule has 3 aromatic carbocycles. The largest absolute Gasteiger partial charge is 0.350 e. The van der Waals surface area contributed by atoms with Gasteiger partial charge in [0.25, 0.3) is 5.91 Å². The van der Waals surface area contributed by atoms with Crippen molar-refractivity contribution >= 4 is 26.6 Å². The van der Waals surface area contributed by atoms with E-state index in [1.807, 2.05) is 48.9 Å². The normalized spacial score (nSPS) is 11.6. The Kier molecular flexibility index (Phi) is 5.39. The highest BCUT2D eigenvalue weighted by Crippen LogP contribution is 2.32. The van der Waals surface area contributed by atoms with Gasteiger partial charge in [-0.1, -0.05) is 35.9 Å². The standard InChI is InChI=1S/C24H22N2O4S/c1-16-4-3-5-19(12-16)22-14-26(2)23-11-6-17(13-21(22)23)15-31(29,30)20-9-7-18(8-10-20)24(27)25-28/h3-14,28H,15H2,1-2H3,(H,25,27). The molecule has 158 valence electrons. The lowest BCUT2D eigenvalue weighted by atomic mass is 10.0. The molecule has 4 rings (SSSR count). The molecule has 7 heteroatoms. The fourth-order valence-corrected chi connectivity index (χ4v) is 5.09. The molecule has 0 unspecified atom stereocenters. The summed E-state index contributed by atoms with van der Waals surface area (Å²) in [5.41, 5.74) is 6.72. The Morgan fingerprint density at radius 3 is 2.45 bits per heavy atom. The number of sulfone groups is 1. The van der Waals surface area contributed by atoms with Gasteiger partial charge in [0.15, 0.2) is 9.84 Å². The highest BCUT2D eigenvalue weighted by Gasteiger charge is 2.18. The molecule has 0 fully saturated rings. The molecule has 0 saturated heterocycles. The summed E-state index contributed by atoms with van der Waals surface area (Å²) in [5.74, 6) is -0.849. The van der Waals surface area contributed by atoms with Crippen molar-refractivity contribution in [2.45, 2.75) is 17.6 Å². The van der Waals surface area contributed by atoms with Gasteiger partial charge in [-0.05, 0) is 54.4 Å². The van der Waals surface area contributed by atoms with Crippen molar-refractivity contribution in [3.63, 3.8) is 0 Å². The molecular weight excluding hydrogens is 412 g/mol. The number of aromatic nitrogens is 1. The summed E-state index contributed by atoms with van der Waals surface area (Å²) in [6.45, 7) is 2.04. The van der Waals surface area contributed by atoms with Crippen molar-refractivity contribution in [1.29, 1.82) is 0 Å². The fourth-order valence-electron chi connectivity index (χ4n) is 3.75. The van der Waals surface area contributed by atoms with Crippen molar-refractivity contribution in [3.8, 4) is 11.1 Å². The number of fused-ring (bicyclic) bond motifs is 1. The topological polar surface area (TPSA) is 88.4 Å². The van der Waals surface area contributed by atoms with Crippen molar-refractivity contribution < 1.29 is 18.4 Å². The third-order valence-electron chi connectivity index (χ3n) is 5.32. The van der Waals surface area contributed by atoms with Crippen LogP contribution in [0.15, 0.2) is 77.8 Å². The number of hydrogen-bond donors (Lipinski definition) is 2. The molecule has 0 spiro atoms. The van der Waals surface area contributed by atoms with Crippen LogP contribution in [0, 0.1) is 6.92 Å². The lowest BCUT2D eigenvalue weighted by Gasteiger charge is -2.07. The minimum Gasteiger partial charge on any atom is -0.350 e. The van der Waals surface area contributed by atoms with E-state index in [2.05, 4.69) is 18.3 Å². The van der Waals surface area contributed by atoms with Crippen molar-refractivity contribution in [2.24, 2.45) is 7.05 Å². The maximum atomic E-state index is 12.9. The molecular formula is C24H22N2O4S. The van der Waals surface area contributed by atoms with E-state index in [1.54, 1.807) is 0 Å². The molecule has 1 aromatic heterocycles. The molecule has 0 radical (unpaired) electrons. The van der Waals surface area contributed by atoms with E-state index in [4.69, 9.17) is 5.21 Å². The third kappa shape index (κ3) is 4.10. The first-order valence-corrected chi connectivity index (χ1v) is 11.4. The van der Waals surface area contributed by atoms with Crippen LogP contribution in [0.5, 0.6) is 0 Å². The van der Waals surface area contributed by atoms with Crippen molar-refractivity contribution in [1.82, 2.24) is 10.0 Å². The van der Waals surface area contributed by atoms with Gasteiger partial charge in [0.05, 0.1) is 10.6 Å². The van der Waals surface area contributed by atoms with Crippen molar-refractivity contribution in [2.75, 3.05) is 0 Å². The molecule has 2 N–H and O–H groups in total. The zero-order valence-electron chi connectivity index (χ0n) is 17.2. The Labute approximate surface area is 180 Å². The molecule has 0 saturated carbocycles. The van der Waals surface area contributed by atoms with Crippen LogP contribution in [0.3, 0.4) is 0 Å². The number of carbonyl (C=O) groups is 1. The number of carbonyl (C=O) groups excluding carboxylic acids is 1. The first-order chi connectivity index (χ1) is 14.8. The molecule has 0 aliphatic heterocycles. The van der Waals surface area contributed by atoms with E-state index in [0.29, 0.717) is 5.56 Å². The summed E-state index contributed by atoms with van der Waals surface area (Å²) in [4.78, 5) is 11.6. The molecule has 0 atom stereocenters. The average molecular weight is 435 g/mol. The number of nitrogens with one attached hydrogen (secondary N) is 1. The van der Waals surface area contributed by atoms with Gasteiger partial charge in [0, 0.05) is 35.3 Å². The molecule has 6 nitrogen and oxygen atoms in total.